The fourth-order valence-corrected chi connectivity index (χ4v) is 1.00. The van der Waals surface area contributed by atoms with E-state index in [9.17, 15) is 10.1 Å². The molecule has 6 heteroatoms. The maximum atomic E-state index is 10.7. The highest BCUT2D eigenvalue weighted by molar-refractivity contribution is 5.56. The quantitative estimate of drug-likeness (QED) is 0.576. The minimum absolute atomic E-state index is 0.0981. The van der Waals surface area contributed by atoms with Crippen molar-refractivity contribution in [3.05, 3.63) is 28.4 Å². The second kappa shape index (κ2) is 4.22. The third-order valence-corrected chi connectivity index (χ3v) is 1.84. The molecule has 0 amide bonds. The van der Waals surface area contributed by atoms with Crippen molar-refractivity contribution in [3.8, 4) is 0 Å². The Morgan fingerprint density at radius 3 is 2.87 bits per heavy atom. The highest BCUT2D eigenvalue weighted by Crippen LogP contribution is 2.23. The van der Waals surface area contributed by atoms with Gasteiger partial charge in [-0.05, 0) is 19.9 Å². The molecular formula is C9H13N3O3. The first-order chi connectivity index (χ1) is 6.96. The predicted octanol–water partition coefficient (Wildman–Crippen LogP) is 1.17. The van der Waals surface area contributed by atoms with Gasteiger partial charge in [0.15, 0.2) is 0 Å². The van der Waals surface area contributed by atoms with E-state index in [1.807, 2.05) is 0 Å². The van der Waals surface area contributed by atoms with E-state index in [1.165, 1.54) is 18.3 Å². The minimum atomic E-state index is -0.640. The van der Waals surface area contributed by atoms with Crippen LogP contribution >= 0.6 is 0 Å². The van der Waals surface area contributed by atoms with Crippen LogP contribution in [0.4, 0.5) is 11.5 Å². The van der Waals surface area contributed by atoms with Gasteiger partial charge < -0.3 is 10.4 Å². The first kappa shape index (κ1) is 11.4. The second-order valence-corrected chi connectivity index (χ2v) is 3.80. The molecule has 1 aromatic rings. The molecule has 0 saturated carbocycles. The lowest BCUT2D eigenvalue weighted by Crippen LogP contribution is -2.35. The van der Waals surface area contributed by atoms with Gasteiger partial charge >= 0.3 is 5.69 Å². The third kappa shape index (κ3) is 2.88. The number of aromatic nitrogens is 1. The molecule has 0 saturated heterocycles. The average molecular weight is 211 g/mol. The fraction of sp³-hybridized carbons (Fsp3) is 0.444. The smallest absolute Gasteiger partial charge is 0.311 e. The van der Waals surface area contributed by atoms with Crippen LogP contribution < -0.4 is 5.32 Å². The van der Waals surface area contributed by atoms with Gasteiger partial charge in [-0.25, -0.2) is 4.98 Å². The van der Waals surface area contributed by atoms with Crippen molar-refractivity contribution in [1.29, 1.82) is 0 Å². The first-order valence-corrected chi connectivity index (χ1v) is 4.45. The van der Waals surface area contributed by atoms with Crippen LogP contribution in [0.2, 0.25) is 0 Å². The molecule has 0 atom stereocenters. The van der Waals surface area contributed by atoms with Crippen LogP contribution in [0.1, 0.15) is 13.8 Å². The van der Waals surface area contributed by atoms with Crippen LogP contribution in [-0.2, 0) is 0 Å². The molecule has 0 fully saturated rings. The monoisotopic (exact) mass is 211 g/mol. The Morgan fingerprint density at radius 2 is 2.33 bits per heavy atom. The molecule has 2 N–H and O–H groups in total. The molecular weight excluding hydrogens is 198 g/mol. The lowest BCUT2D eigenvalue weighted by Gasteiger charge is -2.23. The molecule has 1 rings (SSSR count). The van der Waals surface area contributed by atoms with E-state index in [0.29, 0.717) is 0 Å². The summed E-state index contributed by atoms with van der Waals surface area (Å²) < 4.78 is 0. The topological polar surface area (TPSA) is 88.3 Å². The first-order valence-electron chi connectivity index (χ1n) is 4.45. The van der Waals surface area contributed by atoms with E-state index in [1.54, 1.807) is 13.8 Å². The number of anilines is 1. The molecule has 0 unspecified atom stereocenters. The molecule has 0 aliphatic heterocycles. The summed E-state index contributed by atoms with van der Waals surface area (Å²) in [5.74, 6) is 0.168. The average Bonchev–Trinajstić information content (AvgIpc) is 2.18. The Kier molecular flexibility index (Phi) is 3.21. The van der Waals surface area contributed by atoms with Gasteiger partial charge in [0.1, 0.15) is 0 Å². The molecule has 6 nitrogen and oxygen atoms in total. The van der Waals surface area contributed by atoms with Gasteiger partial charge in [-0.3, -0.25) is 10.1 Å². The Labute approximate surface area is 87.1 Å². The van der Waals surface area contributed by atoms with Crippen molar-refractivity contribution in [2.24, 2.45) is 0 Å². The third-order valence-electron chi connectivity index (χ3n) is 1.84. The number of aliphatic hydroxyl groups excluding tert-OH is 1. The standard InChI is InChI=1S/C9H13N3O3/c1-9(2,6-13)11-8-7(12(14)15)4-3-5-10-8/h3-5,13H,6H2,1-2H3,(H,10,11). The number of nitrogens with zero attached hydrogens (tertiary/aromatic N) is 2. The van der Waals surface area contributed by atoms with Crippen LogP contribution in [-0.4, -0.2) is 27.2 Å². The number of rotatable bonds is 4. The van der Waals surface area contributed by atoms with Crippen LogP contribution in [0.3, 0.4) is 0 Å². The molecule has 0 spiro atoms. The molecule has 15 heavy (non-hydrogen) atoms. The van der Waals surface area contributed by atoms with E-state index in [2.05, 4.69) is 10.3 Å². The SMILES string of the molecule is CC(C)(CO)Nc1ncccc1[N+](=O)[O-]. The Balaban J connectivity index is 2.99. The van der Waals surface area contributed by atoms with Gasteiger partial charge in [0.05, 0.1) is 17.1 Å². The number of hydrogen-bond donors (Lipinski definition) is 2. The maximum Gasteiger partial charge on any atom is 0.311 e. The predicted molar refractivity (Wildman–Crippen MR) is 55.7 cm³/mol. The van der Waals surface area contributed by atoms with Crippen molar-refractivity contribution in [2.45, 2.75) is 19.4 Å². The fourth-order valence-electron chi connectivity index (χ4n) is 1.00. The molecule has 0 radical (unpaired) electrons. The molecule has 0 bridgehead atoms. The van der Waals surface area contributed by atoms with Crippen molar-refractivity contribution in [1.82, 2.24) is 4.98 Å². The molecule has 1 aromatic heterocycles. The van der Waals surface area contributed by atoms with Gasteiger partial charge in [0.25, 0.3) is 0 Å². The van der Waals surface area contributed by atoms with Gasteiger partial charge in [0, 0.05) is 12.3 Å². The van der Waals surface area contributed by atoms with Crippen LogP contribution in [0.5, 0.6) is 0 Å². The lowest BCUT2D eigenvalue weighted by atomic mass is 10.1. The maximum absolute atomic E-state index is 10.7. The highest BCUT2D eigenvalue weighted by Gasteiger charge is 2.22. The Morgan fingerprint density at radius 1 is 1.67 bits per heavy atom. The number of nitro groups is 1. The molecule has 0 aliphatic rings. The zero-order valence-corrected chi connectivity index (χ0v) is 8.60. The van der Waals surface area contributed by atoms with E-state index >= 15 is 0 Å². The summed E-state index contributed by atoms with van der Waals surface area (Å²) in [7, 11) is 0. The zero-order chi connectivity index (χ0) is 11.5. The second-order valence-electron chi connectivity index (χ2n) is 3.80. The van der Waals surface area contributed by atoms with Crippen molar-refractivity contribution in [2.75, 3.05) is 11.9 Å². The molecule has 0 aliphatic carbocycles. The number of nitrogens with one attached hydrogen (secondary N) is 1. The van der Waals surface area contributed by atoms with Crippen molar-refractivity contribution in [3.63, 3.8) is 0 Å². The summed E-state index contributed by atoms with van der Waals surface area (Å²) >= 11 is 0. The van der Waals surface area contributed by atoms with Crippen molar-refractivity contribution < 1.29 is 10.0 Å². The number of aliphatic hydroxyl groups is 1. The van der Waals surface area contributed by atoms with Crippen LogP contribution in [0, 0.1) is 10.1 Å². The van der Waals surface area contributed by atoms with E-state index in [-0.39, 0.29) is 18.1 Å². The highest BCUT2D eigenvalue weighted by atomic mass is 16.6. The molecule has 1 heterocycles. The van der Waals surface area contributed by atoms with Crippen LogP contribution in [0.15, 0.2) is 18.3 Å². The minimum Gasteiger partial charge on any atom is -0.394 e. The summed E-state index contributed by atoms with van der Waals surface area (Å²) in [4.78, 5) is 14.0. The van der Waals surface area contributed by atoms with Gasteiger partial charge in [-0.1, -0.05) is 0 Å². The van der Waals surface area contributed by atoms with E-state index in [4.69, 9.17) is 5.11 Å². The number of hydrogen-bond acceptors (Lipinski definition) is 5. The Bertz CT molecular complexity index is 365. The zero-order valence-electron chi connectivity index (χ0n) is 8.60. The van der Waals surface area contributed by atoms with E-state index in [0.717, 1.165) is 0 Å². The summed E-state index contributed by atoms with van der Waals surface area (Å²) in [5, 5.41) is 22.5. The molecule has 0 aromatic carbocycles. The van der Waals surface area contributed by atoms with Gasteiger partial charge in [-0.2, -0.15) is 0 Å². The summed E-state index contributed by atoms with van der Waals surface area (Å²) in [6, 6.07) is 2.86. The normalized spacial score (nSPS) is 11.1. The largest absolute Gasteiger partial charge is 0.394 e. The number of pyridine rings is 1. The van der Waals surface area contributed by atoms with Gasteiger partial charge in [-0.15, -0.1) is 0 Å². The summed E-state index contributed by atoms with van der Waals surface area (Å²) in [6.07, 6.45) is 1.46. The van der Waals surface area contributed by atoms with Crippen molar-refractivity contribution >= 4 is 11.5 Å². The Hall–Kier alpha value is -1.69. The van der Waals surface area contributed by atoms with Gasteiger partial charge in [0.2, 0.25) is 5.82 Å². The molecule has 82 valence electrons. The van der Waals surface area contributed by atoms with Crippen LogP contribution in [0.25, 0.3) is 0 Å². The lowest BCUT2D eigenvalue weighted by molar-refractivity contribution is -0.384. The van der Waals surface area contributed by atoms with E-state index < -0.39 is 10.5 Å². The summed E-state index contributed by atoms with van der Waals surface area (Å²) in [6.45, 7) is 3.32. The summed E-state index contributed by atoms with van der Waals surface area (Å²) in [5.41, 5.74) is -0.738.